The van der Waals surface area contributed by atoms with Gasteiger partial charge in [-0.05, 0) is 24.3 Å². The number of nitrogens with one attached hydrogen (secondary N) is 2. The third-order valence-corrected chi connectivity index (χ3v) is 6.42. The molecule has 1 amide bonds. The molecule has 10 heteroatoms. The zero-order valence-electron chi connectivity index (χ0n) is 15.4. The van der Waals surface area contributed by atoms with Gasteiger partial charge in [-0.15, -0.1) is 22.0 Å². The lowest BCUT2D eigenvalue weighted by Crippen LogP contribution is -2.14. The molecule has 0 saturated carbocycles. The van der Waals surface area contributed by atoms with Gasteiger partial charge in [-0.3, -0.25) is 4.79 Å². The fraction of sp³-hybridized carbons (Fsp3) is 0.158. The Balaban J connectivity index is 1.53. The van der Waals surface area contributed by atoms with E-state index in [0.717, 1.165) is 16.3 Å². The lowest BCUT2D eigenvalue weighted by atomic mass is 10.3. The van der Waals surface area contributed by atoms with Crippen LogP contribution in [0.15, 0.2) is 57.8 Å². The third kappa shape index (κ3) is 6.39. The van der Waals surface area contributed by atoms with Crippen LogP contribution in [-0.4, -0.2) is 34.7 Å². The lowest BCUT2D eigenvalue weighted by Gasteiger charge is -2.08. The number of nitriles is 1. The van der Waals surface area contributed by atoms with Gasteiger partial charge in [-0.1, -0.05) is 41.3 Å². The summed E-state index contributed by atoms with van der Waals surface area (Å²) in [6.45, 7) is 0. The Morgan fingerprint density at radius 1 is 1.21 bits per heavy atom. The minimum absolute atomic E-state index is 0.141. The van der Waals surface area contributed by atoms with Crippen molar-refractivity contribution in [2.24, 2.45) is 0 Å². The molecular formula is C19H17N5O2S3. The molecule has 0 radical (unpaired) electrons. The molecule has 148 valence electrons. The van der Waals surface area contributed by atoms with Crippen molar-refractivity contribution in [1.82, 2.24) is 10.2 Å². The minimum Gasteiger partial charge on any atom is -0.497 e. The van der Waals surface area contributed by atoms with Crippen LogP contribution in [0.1, 0.15) is 0 Å². The minimum atomic E-state index is -0.141. The smallest absolute Gasteiger partial charge is 0.234 e. The van der Waals surface area contributed by atoms with Crippen LogP contribution in [0.3, 0.4) is 0 Å². The Morgan fingerprint density at radius 3 is 2.90 bits per heavy atom. The number of para-hydroxylation sites is 1. The molecule has 0 aliphatic rings. The average Bonchev–Trinajstić information content (AvgIpc) is 3.19. The monoisotopic (exact) mass is 443 g/mol. The fourth-order valence-corrected chi connectivity index (χ4v) is 4.50. The van der Waals surface area contributed by atoms with Crippen molar-refractivity contribution in [2.75, 3.05) is 29.2 Å². The number of methoxy groups -OCH3 is 1. The van der Waals surface area contributed by atoms with Gasteiger partial charge in [-0.25, -0.2) is 0 Å². The van der Waals surface area contributed by atoms with Crippen LogP contribution in [0.5, 0.6) is 5.75 Å². The zero-order chi connectivity index (χ0) is 20.5. The SMILES string of the molecule is COc1cccc(Nc2nnc(SCC(=O)Nc3ccccc3SCC#N)s2)c1. The van der Waals surface area contributed by atoms with E-state index in [2.05, 4.69) is 26.9 Å². The zero-order valence-corrected chi connectivity index (χ0v) is 17.9. The first-order valence-electron chi connectivity index (χ1n) is 8.44. The maximum Gasteiger partial charge on any atom is 0.234 e. The second-order valence-electron chi connectivity index (χ2n) is 5.51. The number of rotatable bonds is 9. The molecule has 0 saturated heterocycles. The highest BCUT2D eigenvalue weighted by Crippen LogP contribution is 2.30. The van der Waals surface area contributed by atoms with Crippen LogP contribution in [-0.2, 0) is 4.79 Å². The summed E-state index contributed by atoms with van der Waals surface area (Å²) in [6, 6.07) is 17.0. The number of carbonyl (C=O) groups is 1. The molecule has 0 spiro atoms. The van der Waals surface area contributed by atoms with Gasteiger partial charge >= 0.3 is 0 Å². The molecule has 3 aromatic rings. The summed E-state index contributed by atoms with van der Waals surface area (Å²) < 4.78 is 5.90. The van der Waals surface area contributed by atoms with Gasteiger partial charge in [-0.2, -0.15) is 5.26 Å². The molecule has 2 N–H and O–H groups in total. The van der Waals surface area contributed by atoms with E-state index in [-0.39, 0.29) is 11.7 Å². The van der Waals surface area contributed by atoms with Crippen molar-refractivity contribution in [3.63, 3.8) is 0 Å². The number of thioether (sulfide) groups is 2. The molecule has 7 nitrogen and oxygen atoms in total. The number of hydrogen-bond donors (Lipinski definition) is 2. The van der Waals surface area contributed by atoms with Crippen LogP contribution < -0.4 is 15.4 Å². The summed E-state index contributed by atoms with van der Waals surface area (Å²) in [4.78, 5) is 13.2. The van der Waals surface area contributed by atoms with Crippen LogP contribution in [0, 0.1) is 11.3 Å². The highest BCUT2D eigenvalue weighted by atomic mass is 32.2. The number of anilines is 3. The first-order valence-corrected chi connectivity index (χ1v) is 11.2. The van der Waals surface area contributed by atoms with Crippen molar-refractivity contribution in [2.45, 2.75) is 9.24 Å². The second kappa shape index (κ2) is 10.7. The van der Waals surface area contributed by atoms with E-state index in [1.165, 1.54) is 34.9 Å². The standard InChI is InChI=1S/C19H17N5O2S3/c1-26-14-6-4-5-13(11-14)21-18-23-24-19(29-18)28-12-17(25)22-15-7-2-3-8-16(15)27-10-9-20/h2-8,11H,10,12H2,1H3,(H,21,23)(H,22,25). The second-order valence-corrected chi connectivity index (χ2v) is 8.73. The van der Waals surface area contributed by atoms with E-state index >= 15 is 0 Å². The maximum absolute atomic E-state index is 12.3. The van der Waals surface area contributed by atoms with Crippen LogP contribution in [0.4, 0.5) is 16.5 Å². The van der Waals surface area contributed by atoms with Gasteiger partial charge in [0, 0.05) is 16.6 Å². The van der Waals surface area contributed by atoms with Crippen LogP contribution in [0.25, 0.3) is 0 Å². The van der Waals surface area contributed by atoms with Gasteiger partial charge in [0.2, 0.25) is 11.0 Å². The molecule has 29 heavy (non-hydrogen) atoms. The molecule has 3 rings (SSSR count). The molecule has 0 aliphatic heterocycles. The predicted molar refractivity (Wildman–Crippen MR) is 118 cm³/mol. The quantitative estimate of drug-likeness (QED) is 0.462. The topological polar surface area (TPSA) is 99.9 Å². The molecule has 0 bridgehead atoms. The molecule has 1 heterocycles. The fourth-order valence-electron chi connectivity index (χ4n) is 2.26. The molecule has 1 aromatic heterocycles. The first-order chi connectivity index (χ1) is 14.2. The normalized spacial score (nSPS) is 10.2. The Labute approximate surface area is 180 Å². The van der Waals surface area contributed by atoms with Crippen LogP contribution >= 0.6 is 34.9 Å². The van der Waals surface area contributed by atoms with E-state index in [9.17, 15) is 4.79 Å². The van der Waals surface area contributed by atoms with Gasteiger partial charge in [0.05, 0.1) is 30.4 Å². The first kappa shape index (κ1) is 21.0. The van der Waals surface area contributed by atoms with Gasteiger partial charge in [0.1, 0.15) is 5.75 Å². The van der Waals surface area contributed by atoms with Gasteiger partial charge in [0.15, 0.2) is 4.34 Å². The van der Waals surface area contributed by atoms with Crippen LogP contribution in [0.2, 0.25) is 0 Å². The third-order valence-electron chi connectivity index (χ3n) is 3.51. The van der Waals surface area contributed by atoms with E-state index < -0.39 is 0 Å². The summed E-state index contributed by atoms with van der Waals surface area (Å²) >= 11 is 4.08. The van der Waals surface area contributed by atoms with E-state index in [1.807, 2.05) is 48.5 Å². The van der Waals surface area contributed by atoms with Crippen molar-refractivity contribution in [3.05, 3.63) is 48.5 Å². The van der Waals surface area contributed by atoms with E-state index in [1.54, 1.807) is 7.11 Å². The number of nitrogens with zero attached hydrogens (tertiary/aromatic N) is 3. The number of aromatic nitrogens is 2. The highest BCUT2D eigenvalue weighted by Gasteiger charge is 2.11. The Kier molecular flexibility index (Phi) is 7.75. The number of benzene rings is 2. The Hall–Kier alpha value is -2.74. The summed E-state index contributed by atoms with van der Waals surface area (Å²) in [5.41, 5.74) is 1.55. The predicted octanol–water partition coefficient (Wildman–Crippen LogP) is 4.64. The summed E-state index contributed by atoms with van der Waals surface area (Å²) in [5.74, 6) is 1.15. The Bertz CT molecular complexity index is 1020. The van der Waals surface area contributed by atoms with Gasteiger partial charge < -0.3 is 15.4 Å². The van der Waals surface area contributed by atoms with Crippen molar-refractivity contribution >= 4 is 57.3 Å². The van der Waals surface area contributed by atoms with E-state index in [0.29, 0.717) is 20.9 Å². The van der Waals surface area contributed by atoms with Crippen molar-refractivity contribution < 1.29 is 9.53 Å². The van der Waals surface area contributed by atoms with Crippen molar-refractivity contribution in [3.8, 4) is 11.8 Å². The molecule has 0 aliphatic carbocycles. The van der Waals surface area contributed by atoms with E-state index in [4.69, 9.17) is 10.00 Å². The largest absolute Gasteiger partial charge is 0.497 e. The molecule has 2 aromatic carbocycles. The summed E-state index contributed by atoms with van der Waals surface area (Å²) in [6.07, 6.45) is 0. The lowest BCUT2D eigenvalue weighted by molar-refractivity contribution is -0.113. The molecular weight excluding hydrogens is 426 g/mol. The summed E-state index contributed by atoms with van der Waals surface area (Å²) in [5, 5.41) is 23.7. The van der Waals surface area contributed by atoms with Crippen molar-refractivity contribution in [1.29, 1.82) is 5.26 Å². The molecule has 0 fully saturated rings. The maximum atomic E-state index is 12.3. The number of ether oxygens (including phenoxy) is 1. The number of hydrogen-bond acceptors (Lipinski definition) is 9. The number of amides is 1. The molecule has 0 atom stereocenters. The molecule has 0 unspecified atom stereocenters. The van der Waals surface area contributed by atoms with Gasteiger partial charge in [0.25, 0.3) is 0 Å². The summed E-state index contributed by atoms with van der Waals surface area (Å²) in [7, 11) is 1.62. The Morgan fingerprint density at radius 2 is 2.07 bits per heavy atom. The highest BCUT2D eigenvalue weighted by molar-refractivity contribution is 8.01. The number of carbonyl (C=O) groups excluding carboxylic acids is 1. The average molecular weight is 444 g/mol.